The number of ketones is 1. The number of Topliss-reactive ketones (excluding diaryl/α,β-unsaturated/α-hetero) is 1. The molecule has 0 amide bonds. The van der Waals surface area contributed by atoms with Crippen LogP contribution in [0.25, 0.3) is 0 Å². The molecule has 4 nitrogen and oxygen atoms in total. The lowest BCUT2D eigenvalue weighted by Gasteiger charge is -2.40. The van der Waals surface area contributed by atoms with Gasteiger partial charge in [0, 0.05) is 25.7 Å². The van der Waals surface area contributed by atoms with Gasteiger partial charge in [0.1, 0.15) is 6.10 Å². The molecule has 2 rings (SSSR count). The van der Waals surface area contributed by atoms with E-state index in [0.717, 1.165) is 24.8 Å². The highest BCUT2D eigenvalue weighted by atomic mass is 16.5. The number of esters is 1. The third kappa shape index (κ3) is 4.11. The molecule has 1 saturated carbocycles. The van der Waals surface area contributed by atoms with E-state index in [1.165, 1.54) is 6.92 Å². The summed E-state index contributed by atoms with van der Waals surface area (Å²) >= 11 is 0. The number of hydrogen-bond acceptors (Lipinski definition) is 4. The van der Waals surface area contributed by atoms with Crippen molar-refractivity contribution in [3.63, 3.8) is 0 Å². The zero-order valence-electron chi connectivity index (χ0n) is 17.1. The van der Waals surface area contributed by atoms with Gasteiger partial charge in [-0.15, -0.1) is 0 Å². The Morgan fingerprint density at radius 3 is 2.50 bits per heavy atom. The normalized spacial score (nSPS) is 36.1. The maximum Gasteiger partial charge on any atom is 0.303 e. The third-order valence-corrected chi connectivity index (χ3v) is 6.71. The Hall–Kier alpha value is -1.42. The summed E-state index contributed by atoms with van der Waals surface area (Å²) in [7, 11) is 0. The van der Waals surface area contributed by atoms with Gasteiger partial charge in [-0.3, -0.25) is 9.59 Å². The molecular weight excluding hydrogens is 328 g/mol. The highest BCUT2D eigenvalue weighted by molar-refractivity contribution is 5.95. The van der Waals surface area contributed by atoms with Crippen molar-refractivity contribution in [3.05, 3.63) is 23.3 Å². The molecule has 4 heteroatoms. The first-order valence-corrected chi connectivity index (χ1v) is 9.76. The monoisotopic (exact) mass is 362 g/mol. The molecule has 0 aliphatic heterocycles. The molecule has 0 aromatic carbocycles. The summed E-state index contributed by atoms with van der Waals surface area (Å²) in [5.74, 6) is -0.187. The molecule has 1 unspecified atom stereocenters. The highest BCUT2D eigenvalue weighted by Gasteiger charge is 2.55. The van der Waals surface area contributed by atoms with Crippen LogP contribution in [0.15, 0.2) is 23.3 Å². The molecule has 0 heterocycles. The number of hydrogen-bond donors (Lipinski definition) is 1. The van der Waals surface area contributed by atoms with Crippen LogP contribution in [-0.2, 0) is 14.3 Å². The Bertz CT molecular complexity index is 630. The number of rotatable bonds is 2. The van der Waals surface area contributed by atoms with Crippen molar-refractivity contribution < 1.29 is 19.4 Å². The molecule has 0 aromatic heterocycles. The summed E-state index contributed by atoms with van der Waals surface area (Å²) in [5, 5.41) is 11.4. The second-order valence-corrected chi connectivity index (χ2v) is 8.85. The van der Waals surface area contributed by atoms with Crippen LogP contribution < -0.4 is 0 Å². The zero-order chi connectivity index (χ0) is 19.7. The van der Waals surface area contributed by atoms with Crippen molar-refractivity contribution >= 4 is 11.8 Å². The average molecular weight is 363 g/mol. The molecule has 146 valence electrons. The molecule has 1 fully saturated rings. The van der Waals surface area contributed by atoms with Crippen LogP contribution in [0.5, 0.6) is 0 Å². The lowest BCUT2D eigenvalue weighted by Crippen LogP contribution is -2.44. The average Bonchev–Trinajstić information content (AvgIpc) is 2.81. The van der Waals surface area contributed by atoms with Crippen LogP contribution in [0, 0.1) is 17.3 Å². The van der Waals surface area contributed by atoms with E-state index in [1.54, 1.807) is 0 Å². The van der Waals surface area contributed by atoms with Crippen molar-refractivity contribution in [3.8, 4) is 0 Å². The summed E-state index contributed by atoms with van der Waals surface area (Å²) in [6, 6.07) is 0. The van der Waals surface area contributed by atoms with Gasteiger partial charge in [-0.25, -0.2) is 0 Å². The predicted octanol–water partition coefficient (Wildman–Crippen LogP) is 4.37. The lowest BCUT2D eigenvalue weighted by atomic mass is 9.67. The molecule has 0 radical (unpaired) electrons. The van der Waals surface area contributed by atoms with Crippen molar-refractivity contribution in [1.82, 2.24) is 0 Å². The molecule has 0 spiro atoms. The van der Waals surface area contributed by atoms with E-state index in [9.17, 15) is 14.7 Å². The first kappa shape index (κ1) is 20.9. The fraction of sp³-hybridized carbons (Fsp3) is 0.727. The summed E-state index contributed by atoms with van der Waals surface area (Å²) in [5.41, 5.74) is 0.757. The number of aliphatic hydroxyl groups is 1. The lowest BCUT2D eigenvalue weighted by molar-refractivity contribution is -0.144. The minimum Gasteiger partial charge on any atom is -0.458 e. The first-order chi connectivity index (χ1) is 12.0. The van der Waals surface area contributed by atoms with Gasteiger partial charge in [-0.2, -0.15) is 0 Å². The van der Waals surface area contributed by atoms with Crippen LogP contribution in [0.1, 0.15) is 73.6 Å². The topological polar surface area (TPSA) is 63.6 Å². The SMILES string of the molecule is CC(=O)O[C@@H]1CC=C(C)C(=O)CC2[C@](C)(CC=C1C)CC[C@]2(O)C(C)C. The summed E-state index contributed by atoms with van der Waals surface area (Å²) < 4.78 is 5.47. The molecule has 1 N–H and O–H groups in total. The molecule has 0 saturated heterocycles. The number of fused-ring (bicyclic) bond motifs is 1. The van der Waals surface area contributed by atoms with Gasteiger partial charge in [-0.1, -0.05) is 32.9 Å². The zero-order valence-corrected chi connectivity index (χ0v) is 17.1. The van der Waals surface area contributed by atoms with Crippen LogP contribution >= 0.6 is 0 Å². The minimum atomic E-state index is -0.810. The Morgan fingerprint density at radius 1 is 1.27 bits per heavy atom. The van der Waals surface area contributed by atoms with Gasteiger partial charge < -0.3 is 9.84 Å². The molecule has 4 atom stereocenters. The van der Waals surface area contributed by atoms with Crippen molar-refractivity contribution in [2.75, 3.05) is 0 Å². The molecule has 2 aliphatic rings. The first-order valence-electron chi connectivity index (χ1n) is 9.76. The van der Waals surface area contributed by atoms with Gasteiger partial charge in [0.2, 0.25) is 0 Å². The van der Waals surface area contributed by atoms with Gasteiger partial charge in [0.15, 0.2) is 5.78 Å². The Morgan fingerprint density at radius 2 is 1.92 bits per heavy atom. The van der Waals surface area contributed by atoms with E-state index in [-0.39, 0.29) is 35.1 Å². The summed E-state index contributed by atoms with van der Waals surface area (Å²) in [4.78, 5) is 24.3. The van der Waals surface area contributed by atoms with E-state index in [2.05, 4.69) is 13.0 Å². The van der Waals surface area contributed by atoms with Crippen LogP contribution in [0.4, 0.5) is 0 Å². The minimum absolute atomic E-state index is 0.0693. The largest absolute Gasteiger partial charge is 0.458 e. The smallest absolute Gasteiger partial charge is 0.303 e. The Labute approximate surface area is 157 Å². The third-order valence-electron chi connectivity index (χ3n) is 6.71. The Balaban J connectivity index is 2.45. The molecule has 0 bridgehead atoms. The molecule has 0 aromatic rings. The maximum atomic E-state index is 12.8. The summed E-state index contributed by atoms with van der Waals surface area (Å²) in [6.45, 7) is 11.5. The van der Waals surface area contributed by atoms with Gasteiger partial charge in [-0.05, 0) is 55.6 Å². The second kappa shape index (κ2) is 7.67. The number of allylic oxidation sites excluding steroid dienone is 2. The van der Waals surface area contributed by atoms with Gasteiger partial charge in [0.25, 0.3) is 0 Å². The summed E-state index contributed by atoms with van der Waals surface area (Å²) in [6.07, 6.45) is 6.97. The fourth-order valence-corrected chi connectivity index (χ4v) is 4.59. The van der Waals surface area contributed by atoms with Gasteiger partial charge >= 0.3 is 5.97 Å². The maximum absolute atomic E-state index is 12.8. The molecule has 2 aliphatic carbocycles. The van der Waals surface area contributed by atoms with Crippen LogP contribution in [0.2, 0.25) is 0 Å². The molecular formula is C22H34O4. The Kier molecular flexibility index (Phi) is 6.17. The van der Waals surface area contributed by atoms with E-state index in [4.69, 9.17) is 4.74 Å². The second-order valence-electron chi connectivity index (χ2n) is 8.85. The standard InChI is InChI=1S/C22H34O4/c1-14(2)22(25)12-11-21(6)10-9-16(4)19(26-17(5)23)8-7-15(3)18(24)13-20(21)22/h7,9,14,19-20,25H,8,10-13H2,1-6H3/t19-,20?,21-,22+/m1/s1. The van der Waals surface area contributed by atoms with E-state index in [0.29, 0.717) is 18.4 Å². The fourth-order valence-electron chi connectivity index (χ4n) is 4.59. The quantitative estimate of drug-likeness (QED) is 0.585. The van der Waals surface area contributed by atoms with Gasteiger partial charge in [0.05, 0.1) is 5.60 Å². The van der Waals surface area contributed by atoms with Crippen molar-refractivity contribution in [1.29, 1.82) is 0 Å². The molecule has 26 heavy (non-hydrogen) atoms. The number of carbonyl (C=O) groups excluding carboxylic acids is 2. The van der Waals surface area contributed by atoms with E-state index in [1.807, 2.05) is 33.8 Å². The van der Waals surface area contributed by atoms with E-state index < -0.39 is 5.60 Å². The van der Waals surface area contributed by atoms with Crippen LogP contribution in [-0.4, -0.2) is 28.6 Å². The highest BCUT2D eigenvalue weighted by Crippen LogP contribution is 2.56. The van der Waals surface area contributed by atoms with Crippen molar-refractivity contribution in [2.45, 2.75) is 85.4 Å². The predicted molar refractivity (Wildman–Crippen MR) is 103 cm³/mol. The van der Waals surface area contributed by atoms with Crippen molar-refractivity contribution in [2.24, 2.45) is 17.3 Å². The number of carbonyl (C=O) groups is 2. The van der Waals surface area contributed by atoms with E-state index >= 15 is 0 Å². The number of ether oxygens (including phenoxy) is 1. The van der Waals surface area contributed by atoms with Crippen LogP contribution in [0.3, 0.4) is 0 Å².